The monoisotopic (exact) mass is 786 g/mol. The third-order valence-electron chi connectivity index (χ3n) is 7.50. The summed E-state index contributed by atoms with van der Waals surface area (Å²) >= 11 is 13.5. The fourth-order valence-electron chi connectivity index (χ4n) is 5.14. The Balaban J connectivity index is 0.000000182. The maximum Gasteiger partial charge on any atom is 0.442 e. The Bertz CT molecular complexity index is 2250. The van der Waals surface area contributed by atoms with E-state index in [1.165, 1.54) is 47.1 Å². The summed E-state index contributed by atoms with van der Waals surface area (Å²) in [5, 5.41) is 11.3. The molecule has 0 atom stereocenters. The van der Waals surface area contributed by atoms with Crippen molar-refractivity contribution in [3.8, 4) is 29.5 Å². The third-order valence-corrected chi connectivity index (χ3v) is 8.87. The lowest BCUT2D eigenvalue weighted by molar-refractivity contribution is -0.121. The van der Waals surface area contributed by atoms with Crippen LogP contribution in [0.15, 0.2) is 55.5 Å². The van der Waals surface area contributed by atoms with Crippen molar-refractivity contribution < 1.29 is 27.6 Å². The van der Waals surface area contributed by atoms with E-state index in [1.54, 1.807) is 6.07 Å². The minimum atomic E-state index is -0.607. The summed E-state index contributed by atoms with van der Waals surface area (Å²) in [5.41, 5.74) is 0.656. The van der Waals surface area contributed by atoms with E-state index in [0.29, 0.717) is 38.6 Å². The van der Waals surface area contributed by atoms with E-state index in [4.69, 9.17) is 43.5 Å². The number of hydrogen-bond donors (Lipinski definition) is 0. The van der Waals surface area contributed by atoms with Gasteiger partial charge in [-0.1, -0.05) is 63.7 Å². The van der Waals surface area contributed by atoms with E-state index in [-0.39, 0.29) is 46.7 Å². The van der Waals surface area contributed by atoms with Gasteiger partial charge in [-0.3, -0.25) is 9.69 Å². The fraction of sp³-hybridized carbons (Fsp3) is 0.400. The fourth-order valence-corrected chi connectivity index (χ4v) is 6.41. The second-order valence-electron chi connectivity index (χ2n) is 14.0. The summed E-state index contributed by atoms with van der Waals surface area (Å²) in [6.45, 7) is 14.5. The van der Waals surface area contributed by atoms with Gasteiger partial charge < -0.3 is 23.0 Å². The molecule has 0 aliphatic carbocycles. The summed E-state index contributed by atoms with van der Waals surface area (Å²) in [7, 11) is 0. The van der Waals surface area contributed by atoms with Crippen LogP contribution in [0.4, 0.5) is 15.8 Å². The Labute approximate surface area is 318 Å². The van der Waals surface area contributed by atoms with E-state index in [1.807, 2.05) is 39.2 Å². The van der Waals surface area contributed by atoms with Crippen LogP contribution in [0, 0.1) is 23.6 Å². The molecule has 2 aliphatic rings. The van der Waals surface area contributed by atoms with Crippen LogP contribution < -0.4 is 24.9 Å². The maximum atomic E-state index is 14.5. The van der Waals surface area contributed by atoms with Crippen molar-refractivity contribution in [3.63, 3.8) is 0 Å². The number of ether oxygens (including phenoxy) is 2. The van der Waals surface area contributed by atoms with E-state index in [2.05, 4.69) is 49.1 Å². The highest BCUT2D eigenvalue weighted by Gasteiger charge is 2.31. The normalized spacial score (nSPS) is 14.7. The largest absolute Gasteiger partial charge is 0.489 e. The van der Waals surface area contributed by atoms with Crippen LogP contribution >= 0.6 is 34.7 Å². The van der Waals surface area contributed by atoms with Gasteiger partial charge in [0.05, 0.1) is 40.3 Å². The van der Waals surface area contributed by atoms with Gasteiger partial charge in [0.25, 0.3) is 5.91 Å². The number of carbonyl (C=O) groups excluding carboxylic acids is 1. The van der Waals surface area contributed by atoms with E-state index >= 15 is 0 Å². The topological polar surface area (TPSA) is 156 Å². The lowest BCUT2D eigenvalue weighted by Crippen LogP contribution is -2.39. The summed E-state index contributed by atoms with van der Waals surface area (Å²) in [4.78, 5) is 30.6. The zero-order valence-electron chi connectivity index (χ0n) is 30.0. The molecule has 2 aliphatic heterocycles. The predicted octanol–water partition coefficient (Wildman–Crippen LogP) is 6.54. The van der Waals surface area contributed by atoms with Crippen LogP contribution in [0.3, 0.4) is 0 Å². The lowest BCUT2D eigenvalue weighted by Gasteiger charge is -2.28. The zero-order valence-corrected chi connectivity index (χ0v) is 32.3. The lowest BCUT2D eigenvalue weighted by atomic mass is 9.92. The third kappa shape index (κ3) is 9.34. The second kappa shape index (κ2) is 15.9. The minimum absolute atomic E-state index is 0.0642. The van der Waals surface area contributed by atoms with Crippen molar-refractivity contribution in [2.45, 2.75) is 73.0 Å². The Morgan fingerprint density at radius 3 is 2.51 bits per heavy atom. The number of aromatic nitrogens is 6. The molecule has 5 aromatic rings. The first-order valence-corrected chi connectivity index (χ1v) is 17.8. The molecule has 7 rings (SSSR count). The molecule has 5 heterocycles. The number of nitrogens with zero attached hydrogens (tertiary/aromatic N) is 8. The van der Waals surface area contributed by atoms with Crippen LogP contribution in [-0.2, 0) is 23.2 Å². The smallest absolute Gasteiger partial charge is 0.442 e. The first kappa shape index (κ1) is 39.2. The van der Waals surface area contributed by atoms with E-state index in [9.17, 15) is 14.0 Å². The number of rotatable bonds is 5. The molecule has 0 saturated carbocycles. The van der Waals surface area contributed by atoms with Crippen LogP contribution in [-0.4, -0.2) is 54.3 Å². The molecule has 3 aromatic heterocycles. The number of carbonyl (C=O) groups is 1. The Morgan fingerprint density at radius 2 is 1.91 bits per heavy atom. The molecule has 0 radical (unpaired) electrons. The number of halogens is 3. The molecule has 280 valence electrons. The Hall–Kier alpha value is -4.98. The van der Waals surface area contributed by atoms with Crippen LogP contribution in [0.25, 0.3) is 5.69 Å². The second-order valence-corrected chi connectivity index (χ2v) is 15.5. The zero-order chi connectivity index (χ0) is 38.7. The number of terminal acetylenes is 1. The molecule has 14 nitrogen and oxygen atoms in total. The Kier molecular flexibility index (Phi) is 11.8. The number of hydrogen-bond acceptors (Lipinski definition) is 12. The van der Waals surface area contributed by atoms with Gasteiger partial charge in [0.15, 0.2) is 12.4 Å². The first-order chi connectivity index (χ1) is 25.0. The SMILES string of the molecule is C#CCN1C(=O)COc2cc(F)c(/N=c3\snc4n3CC(C)(C)C4)cc21.CC(C)Oc1cc(-n2nc(C(C)(C)C)oc2=O)c(Cl)cc1Cl.c1conn1. The molecule has 1 amide bonds. The van der Waals surface area contributed by atoms with Gasteiger partial charge in [0.2, 0.25) is 10.7 Å². The minimum Gasteiger partial charge on any atom is -0.489 e. The predicted molar refractivity (Wildman–Crippen MR) is 197 cm³/mol. The number of fused-ring (bicyclic) bond motifs is 2. The van der Waals surface area contributed by atoms with Crippen molar-refractivity contribution in [1.82, 2.24) is 29.1 Å². The summed E-state index contributed by atoms with van der Waals surface area (Å²) in [5.74, 6) is 3.08. The molecular formula is C35H37Cl2FN8O6S. The average molecular weight is 788 g/mol. The van der Waals surface area contributed by atoms with Crippen LogP contribution in [0.5, 0.6) is 11.5 Å². The molecule has 0 unspecified atom stereocenters. The Morgan fingerprint density at radius 1 is 1.15 bits per heavy atom. The molecule has 0 saturated heterocycles. The van der Waals surface area contributed by atoms with Gasteiger partial charge in [-0.15, -0.1) is 16.6 Å². The van der Waals surface area contributed by atoms with Crippen molar-refractivity contribution in [2.24, 2.45) is 10.4 Å². The standard InChI is InChI=1S/C18H17FN4O2S.C15H18Cl2N2O3.C2H2N2O/c1-4-5-22-13-7-12(11(19)6-14(13)25-9-16(22)24)20-17-23-10-18(2,3)8-15(23)21-26-17;1-8(2)21-12-7-11(9(16)6-10(12)17)19-14(20)22-13(18-19)15(3,4)5;1-2-5-4-3-1/h1,6-7H,5,8-10H2,2-3H3;6-8H,1-5H3;1-2H/b20-17-;;. The molecular weight excluding hydrogens is 750 g/mol. The first-order valence-electron chi connectivity index (χ1n) is 16.3. The number of anilines is 1. The van der Waals surface area contributed by atoms with Crippen molar-refractivity contribution in [1.29, 1.82) is 0 Å². The molecule has 53 heavy (non-hydrogen) atoms. The highest BCUT2D eigenvalue weighted by atomic mass is 35.5. The summed E-state index contributed by atoms with van der Waals surface area (Å²) in [6, 6.07) is 5.86. The van der Waals surface area contributed by atoms with Crippen molar-refractivity contribution >= 4 is 52.0 Å². The van der Waals surface area contributed by atoms with Crippen LogP contribution in [0.1, 0.15) is 60.2 Å². The average Bonchev–Trinajstić information content (AvgIpc) is 3.88. The van der Waals surface area contributed by atoms with Gasteiger partial charge in [-0.2, -0.15) is 9.06 Å². The molecule has 0 bridgehead atoms. The molecule has 0 spiro atoms. The van der Waals surface area contributed by atoms with Crippen molar-refractivity contribution in [3.05, 3.63) is 79.7 Å². The molecule has 18 heteroatoms. The van der Waals surface area contributed by atoms with Crippen molar-refractivity contribution in [2.75, 3.05) is 18.1 Å². The highest BCUT2D eigenvalue weighted by Crippen LogP contribution is 2.38. The molecule has 2 aromatic carbocycles. The molecule has 0 N–H and O–H groups in total. The van der Waals surface area contributed by atoms with Gasteiger partial charge in [0.1, 0.15) is 29.3 Å². The van der Waals surface area contributed by atoms with Gasteiger partial charge in [-0.05, 0) is 31.4 Å². The van der Waals surface area contributed by atoms with E-state index in [0.717, 1.165) is 23.5 Å². The van der Waals surface area contributed by atoms with Gasteiger partial charge >= 0.3 is 5.76 Å². The highest BCUT2D eigenvalue weighted by molar-refractivity contribution is 7.02. The van der Waals surface area contributed by atoms with Gasteiger partial charge in [0, 0.05) is 47.3 Å². The van der Waals surface area contributed by atoms with Gasteiger partial charge in [-0.25, -0.2) is 14.2 Å². The van der Waals surface area contributed by atoms with E-state index < -0.39 is 11.6 Å². The summed E-state index contributed by atoms with van der Waals surface area (Å²) < 4.78 is 42.5. The number of benzene rings is 2. The summed E-state index contributed by atoms with van der Waals surface area (Å²) in [6.07, 6.45) is 9.03. The maximum absolute atomic E-state index is 14.5. The number of amides is 1. The quantitative estimate of drug-likeness (QED) is 0.179. The molecule has 0 fully saturated rings. The van der Waals surface area contributed by atoms with Crippen LogP contribution in [0.2, 0.25) is 10.0 Å².